The van der Waals surface area contributed by atoms with Gasteiger partial charge in [0.05, 0.1) is 11.3 Å². The molecule has 27 heavy (non-hydrogen) atoms. The zero-order chi connectivity index (χ0) is 19.8. The smallest absolute Gasteiger partial charge is 0.257 e. The highest BCUT2D eigenvalue weighted by atomic mass is 16.2. The minimum atomic E-state index is -0.789. The van der Waals surface area contributed by atoms with E-state index in [0.717, 1.165) is 32.5 Å². The Balaban J connectivity index is 2.41. The molecule has 1 fully saturated rings. The molecule has 0 saturated carbocycles. The minimum absolute atomic E-state index is 0.162. The average Bonchev–Trinajstić information content (AvgIpc) is 2.72. The van der Waals surface area contributed by atoms with E-state index in [-0.39, 0.29) is 29.9 Å². The summed E-state index contributed by atoms with van der Waals surface area (Å²) in [7, 11) is 3.01. The first-order chi connectivity index (χ1) is 13.0. The number of carbonyl (C=O) groups is 4. The van der Waals surface area contributed by atoms with Gasteiger partial charge in [-0.15, -0.1) is 0 Å². The summed E-state index contributed by atoms with van der Waals surface area (Å²) in [6.45, 7) is 3.01. The molecule has 1 heterocycles. The van der Waals surface area contributed by atoms with E-state index in [1.807, 2.05) is 6.07 Å². The van der Waals surface area contributed by atoms with Gasteiger partial charge in [-0.25, -0.2) is 0 Å². The Morgan fingerprint density at radius 1 is 1.30 bits per heavy atom. The maximum atomic E-state index is 13.3. The van der Waals surface area contributed by atoms with Crippen LogP contribution in [0.2, 0.25) is 0 Å². The molecular weight excluding hydrogens is 348 g/mol. The van der Waals surface area contributed by atoms with Gasteiger partial charge in [0.2, 0.25) is 5.91 Å². The fourth-order valence-electron chi connectivity index (χ4n) is 3.27. The van der Waals surface area contributed by atoms with Gasteiger partial charge < -0.3 is 25.2 Å². The maximum absolute atomic E-state index is 13.3. The maximum Gasteiger partial charge on any atom is 0.257 e. The second-order valence-corrected chi connectivity index (χ2v) is 6.39. The van der Waals surface area contributed by atoms with Crippen molar-refractivity contribution in [2.45, 2.75) is 18.9 Å². The van der Waals surface area contributed by atoms with Gasteiger partial charge in [-0.1, -0.05) is 12.1 Å². The SMILES string of the molecule is CNC(=O)C(CCC=O)N(C)C(=O)c1c(C=O)cccc1N1CCNCC1. The topological polar surface area (TPSA) is 98.8 Å². The van der Waals surface area contributed by atoms with Crippen LogP contribution in [0.5, 0.6) is 0 Å². The molecule has 2 N–H and O–H groups in total. The number of hydrogen-bond donors (Lipinski definition) is 2. The van der Waals surface area contributed by atoms with Gasteiger partial charge in [0.15, 0.2) is 6.29 Å². The van der Waals surface area contributed by atoms with E-state index in [1.54, 1.807) is 12.1 Å². The third kappa shape index (κ3) is 4.71. The summed E-state index contributed by atoms with van der Waals surface area (Å²) in [5.41, 5.74) is 1.26. The number of hydrogen-bond acceptors (Lipinski definition) is 6. The van der Waals surface area contributed by atoms with Crippen molar-refractivity contribution in [1.29, 1.82) is 0 Å². The standard InChI is InChI=1S/C19H26N4O4/c1-20-18(26)16(7-4-12-24)22(2)19(27)17-14(13-25)5-3-6-15(17)23-10-8-21-9-11-23/h3,5-6,12-13,16,21H,4,7-11H2,1-2H3,(H,20,26). The number of nitrogens with one attached hydrogen (secondary N) is 2. The molecule has 1 unspecified atom stereocenters. The van der Waals surface area contributed by atoms with Crippen LogP contribution in [-0.4, -0.2) is 75.6 Å². The van der Waals surface area contributed by atoms with E-state index in [0.29, 0.717) is 12.0 Å². The van der Waals surface area contributed by atoms with Crippen LogP contribution >= 0.6 is 0 Å². The predicted octanol–water partition coefficient (Wildman–Crippen LogP) is 0.0744. The molecule has 0 bridgehead atoms. The summed E-state index contributed by atoms with van der Waals surface area (Å²) in [4.78, 5) is 51.2. The summed E-state index contributed by atoms with van der Waals surface area (Å²) >= 11 is 0. The number of aldehydes is 2. The third-order valence-corrected chi connectivity index (χ3v) is 4.77. The molecule has 0 aliphatic carbocycles. The van der Waals surface area contributed by atoms with Crippen LogP contribution in [0.1, 0.15) is 33.6 Å². The number of piperazine rings is 1. The lowest BCUT2D eigenvalue weighted by Crippen LogP contribution is -2.48. The van der Waals surface area contributed by atoms with Crippen molar-refractivity contribution >= 4 is 30.1 Å². The van der Waals surface area contributed by atoms with Crippen molar-refractivity contribution < 1.29 is 19.2 Å². The number of amides is 2. The van der Waals surface area contributed by atoms with Gasteiger partial charge in [0.25, 0.3) is 5.91 Å². The first kappa shape index (κ1) is 20.6. The van der Waals surface area contributed by atoms with Crippen LogP contribution in [0.4, 0.5) is 5.69 Å². The molecule has 0 radical (unpaired) electrons. The van der Waals surface area contributed by atoms with E-state index >= 15 is 0 Å². The van der Waals surface area contributed by atoms with E-state index in [1.165, 1.54) is 19.0 Å². The Morgan fingerprint density at radius 3 is 2.59 bits per heavy atom. The fraction of sp³-hybridized carbons (Fsp3) is 0.474. The van der Waals surface area contributed by atoms with Gasteiger partial charge in [-0.3, -0.25) is 14.4 Å². The summed E-state index contributed by atoms with van der Waals surface area (Å²) in [6, 6.07) is 4.38. The Bertz CT molecular complexity index is 701. The molecule has 2 amide bonds. The zero-order valence-corrected chi connectivity index (χ0v) is 15.7. The number of carbonyl (C=O) groups excluding carboxylic acids is 4. The molecule has 1 aromatic rings. The number of benzene rings is 1. The van der Waals surface area contributed by atoms with Crippen LogP contribution in [0, 0.1) is 0 Å². The lowest BCUT2D eigenvalue weighted by atomic mass is 10.0. The van der Waals surface area contributed by atoms with Crippen molar-refractivity contribution in [3.63, 3.8) is 0 Å². The highest BCUT2D eigenvalue weighted by Crippen LogP contribution is 2.26. The van der Waals surface area contributed by atoms with E-state index in [9.17, 15) is 19.2 Å². The van der Waals surface area contributed by atoms with Crippen LogP contribution in [0.3, 0.4) is 0 Å². The lowest BCUT2D eigenvalue weighted by molar-refractivity contribution is -0.125. The van der Waals surface area contributed by atoms with Gasteiger partial charge in [-0.05, 0) is 12.5 Å². The first-order valence-electron chi connectivity index (χ1n) is 9.01. The Hall–Kier alpha value is -2.74. The molecule has 8 nitrogen and oxygen atoms in total. The quantitative estimate of drug-likeness (QED) is 0.625. The summed E-state index contributed by atoms with van der Waals surface area (Å²) < 4.78 is 0. The molecule has 1 atom stereocenters. The monoisotopic (exact) mass is 374 g/mol. The summed E-state index contributed by atoms with van der Waals surface area (Å²) in [6.07, 6.45) is 1.76. The molecule has 0 aromatic heterocycles. The molecule has 8 heteroatoms. The van der Waals surface area contributed by atoms with Crippen molar-refractivity contribution in [1.82, 2.24) is 15.5 Å². The van der Waals surface area contributed by atoms with Crippen molar-refractivity contribution in [3.8, 4) is 0 Å². The molecule has 1 aliphatic heterocycles. The molecule has 1 aliphatic rings. The van der Waals surface area contributed by atoms with E-state index in [4.69, 9.17) is 0 Å². The normalized spacial score (nSPS) is 15.0. The molecular formula is C19H26N4O4. The number of nitrogens with zero attached hydrogens (tertiary/aromatic N) is 2. The van der Waals surface area contributed by atoms with Gasteiger partial charge >= 0.3 is 0 Å². The molecule has 146 valence electrons. The first-order valence-corrected chi connectivity index (χ1v) is 9.01. The van der Waals surface area contributed by atoms with Gasteiger partial charge in [0, 0.05) is 52.3 Å². The number of anilines is 1. The summed E-state index contributed by atoms with van der Waals surface area (Å²) in [5, 5.41) is 5.79. The predicted molar refractivity (Wildman–Crippen MR) is 102 cm³/mol. The fourth-order valence-corrected chi connectivity index (χ4v) is 3.27. The van der Waals surface area contributed by atoms with Crippen molar-refractivity contribution in [2.75, 3.05) is 45.2 Å². The second-order valence-electron chi connectivity index (χ2n) is 6.39. The van der Waals surface area contributed by atoms with Crippen LogP contribution in [-0.2, 0) is 9.59 Å². The van der Waals surface area contributed by atoms with Crippen molar-refractivity contribution in [2.24, 2.45) is 0 Å². The van der Waals surface area contributed by atoms with Crippen LogP contribution < -0.4 is 15.5 Å². The van der Waals surface area contributed by atoms with Gasteiger partial charge in [-0.2, -0.15) is 0 Å². The highest BCUT2D eigenvalue weighted by Gasteiger charge is 2.30. The van der Waals surface area contributed by atoms with Crippen molar-refractivity contribution in [3.05, 3.63) is 29.3 Å². The average molecular weight is 374 g/mol. The van der Waals surface area contributed by atoms with Crippen LogP contribution in [0.15, 0.2) is 18.2 Å². The summed E-state index contributed by atoms with van der Waals surface area (Å²) in [5.74, 6) is -0.759. The minimum Gasteiger partial charge on any atom is -0.368 e. The Kier molecular flexibility index (Phi) is 7.48. The van der Waals surface area contributed by atoms with E-state index < -0.39 is 11.9 Å². The third-order valence-electron chi connectivity index (χ3n) is 4.77. The zero-order valence-electron chi connectivity index (χ0n) is 15.7. The molecule has 1 saturated heterocycles. The molecule has 0 spiro atoms. The van der Waals surface area contributed by atoms with Gasteiger partial charge in [0.1, 0.15) is 12.3 Å². The second kappa shape index (κ2) is 9.82. The highest BCUT2D eigenvalue weighted by molar-refractivity contribution is 6.07. The Morgan fingerprint density at radius 2 is 2.00 bits per heavy atom. The molecule has 1 aromatic carbocycles. The lowest BCUT2D eigenvalue weighted by Gasteiger charge is -2.33. The Labute approximate surface area is 158 Å². The van der Waals surface area contributed by atoms with Crippen LogP contribution in [0.25, 0.3) is 0 Å². The van der Waals surface area contributed by atoms with E-state index in [2.05, 4.69) is 15.5 Å². The molecule has 2 rings (SSSR count). The number of likely N-dealkylation sites (N-methyl/N-ethyl adjacent to an activating group) is 2. The number of rotatable bonds is 8. The largest absolute Gasteiger partial charge is 0.368 e.